The minimum Gasteiger partial charge on any atom is -0.353 e. The second-order valence-electron chi connectivity index (χ2n) is 7.37. The zero-order valence-corrected chi connectivity index (χ0v) is 16.3. The molecule has 0 atom stereocenters. The van der Waals surface area contributed by atoms with E-state index in [-0.39, 0.29) is 0 Å². The van der Waals surface area contributed by atoms with Gasteiger partial charge in [-0.05, 0) is 29.8 Å². The molecule has 0 spiro atoms. The molecule has 1 aliphatic rings. The molecular formula is C24H23N5. The third-order valence-corrected chi connectivity index (χ3v) is 5.44. The van der Waals surface area contributed by atoms with Crippen molar-refractivity contribution in [3.63, 3.8) is 0 Å². The van der Waals surface area contributed by atoms with Crippen LogP contribution in [0.2, 0.25) is 0 Å². The van der Waals surface area contributed by atoms with Gasteiger partial charge in [-0.3, -0.25) is 9.88 Å². The van der Waals surface area contributed by atoms with Crippen LogP contribution in [0.25, 0.3) is 22.3 Å². The van der Waals surface area contributed by atoms with E-state index in [1.807, 2.05) is 36.7 Å². The van der Waals surface area contributed by atoms with Crippen LogP contribution in [-0.2, 0) is 6.54 Å². The number of anilines is 1. The number of fused-ring (bicyclic) bond motifs is 1. The molecule has 4 aromatic rings. The zero-order valence-electron chi connectivity index (χ0n) is 16.3. The average molecular weight is 381 g/mol. The average Bonchev–Trinajstić information content (AvgIpc) is 2.80. The molecule has 0 amide bonds. The number of benzene rings is 2. The summed E-state index contributed by atoms with van der Waals surface area (Å²) in [5.74, 6) is 1.83. The molecule has 1 saturated heterocycles. The monoisotopic (exact) mass is 381 g/mol. The van der Waals surface area contributed by atoms with Gasteiger partial charge < -0.3 is 4.90 Å². The van der Waals surface area contributed by atoms with Crippen LogP contribution in [0.3, 0.4) is 0 Å². The highest BCUT2D eigenvalue weighted by Crippen LogP contribution is 2.28. The summed E-state index contributed by atoms with van der Waals surface area (Å²) in [6.45, 7) is 4.92. The summed E-state index contributed by atoms with van der Waals surface area (Å²) in [5, 5.41) is 1.12. The van der Waals surface area contributed by atoms with Gasteiger partial charge in [0, 0.05) is 56.1 Å². The summed E-state index contributed by atoms with van der Waals surface area (Å²) in [7, 11) is 0. The summed E-state index contributed by atoms with van der Waals surface area (Å²) in [6.07, 6.45) is 3.73. The summed E-state index contributed by atoms with van der Waals surface area (Å²) < 4.78 is 0. The molecule has 2 aromatic heterocycles. The molecular weight excluding hydrogens is 358 g/mol. The van der Waals surface area contributed by atoms with Crippen molar-refractivity contribution < 1.29 is 0 Å². The van der Waals surface area contributed by atoms with E-state index in [2.05, 4.69) is 57.2 Å². The number of hydrogen-bond donors (Lipinski definition) is 0. The first-order valence-corrected chi connectivity index (χ1v) is 10.1. The van der Waals surface area contributed by atoms with Crippen LogP contribution < -0.4 is 4.90 Å². The number of para-hydroxylation sites is 1. The lowest BCUT2D eigenvalue weighted by atomic mass is 10.1. The van der Waals surface area contributed by atoms with Gasteiger partial charge in [0.2, 0.25) is 0 Å². The fourth-order valence-corrected chi connectivity index (χ4v) is 3.88. The van der Waals surface area contributed by atoms with E-state index in [4.69, 9.17) is 9.97 Å². The first-order valence-electron chi connectivity index (χ1n) is 10.1. The number of hydrogen-bond acceptors (Lipinski definition) is 5. The molecule has 2 aromatic carbocycles. The molecule has 1 aliphatic heterocycles. The Labute approximate surface area is 170 Å². The normalized spacial score (nSPS) is 15.0. The highest BCUT2D eigenvalue weighted by molar-refractivity contribution is 5.91. The van der Waals surface area contributed by atoms with Crippen LogP contribution in [0.1, 0.15) is 5.56 Å². The maximum Gasteiger partial charge on any atom is 0.162 e. The molecule has 0 bridgehead atoms. The third kappa shape index (κ3) is 3.82. The van der Waals surface area contributed by atoms with Crippen molar-refractivity contribution in [3.05, 3.63) is 84.7 Å². The Kier molecular flexibility index (Phi) is 4.88. The maximum atomic E-state index is 4.99. The van der Waals surface area contributed by atoms with Gasteiger partial charge in [-0.25, -0.2) is 9.97 Å². The predicted octanol–water partition coefficient (Wildman–Crippen LogP) is 4.01. The zero-order chi connectivity index (χ0) is 19.5. The molecule has 0 N–H and O–H groups in total. The molecule has 3 heterocycles. The SMILES string of the molecule is c1ccc(-c2nc(N3CCN(Cc4ccncc4)CC3)c3ccccc3n2)cc1. The molecule has 0 aliphatic carbocycles. The van der Waals surface area contributed by atoms with Crippen LogP contribution in [-0.4, -0.2) is 46.0 Å². The maximum absolute atomic E-state index is 4.99. The van der Waals surface area contributed by atoms with E-state index in [1.54, 1.807) is 0 Å². The molecule has 0 unspecified atom stereocenters. The second-order valence-corrected chi connectivity index (χ2v) is 7.37. The Hall–Kier alpha value is -3.31. The predicted molar refractivity (Wildman–Crippen MR) is 117 cm³/mol. The van der Waals surface area contributed by atoms with Crippen molar-refractivity contribution in [2.45, 2.75) is 6.54 Å². The minimum atomic E-state index is 0.790. The topological polar surface area (TPSA) is 45.2 Å². The van der Waals surface area contributed by atoms with Crippen LogP contribution in [0, 0.1) is 0 Å². The van der Waals surface area contributed by atoms with E-state index >= 15 is 0 Å². The highest BCUT2D eigenvalue weighted by Gasteiger charge is 2.21. The van der Waals surface area contributed by atoms with Gasteiger partial charge in [-0.2, -0.15) is 0 Å². The smallest absolute Gasteiger partial charge is 0.162 e. The van der Waals surface area contributed by atoms with Gasteiger partial charge in [0.15, 0.2) is 5.82 Å². The molecule has 29 heavy (non-hydrogen) atoms. The number of rotatable bonds is 4. The standard InChI is InChI=1S/C24H23N5/c1-2-6-20(7-3-1)23-26-22-9-5-4-8-21(22)24(27-23)29-16-14-28(15-17-29)18-19-10-12-25-13-11-19/h1-13H,14-18H2. The van der Waals surface area contributed by atoms with Gasteiger partial charge in [-0.1, -0.05) is 42.5 Å². The van der Waals surface area contributed by atoms with Gasteiger partial charge >= 0.3 is 0 Å². The third-order valence-electron chi connectivity index (χ3n) is 5.44. The molecule has 144 valence electrons. The summed E-state index contributed by atoms with van der Waals surface area (Å²) in [5.41, 5.74) is 3.36. The minimum absolute atomic E-state index is 0.790. The molecule has 0 saturated carbocycles. The second kappa shape index (κ2) is 7.97. The van der Waals surface area contributed by atoms with Crippen molar-refractivity contribution in [3.8, 4) is 11.4 Å². The summed E-state index contributed by atoms with van der Waals surface area (Å²) in [6, 6.07) is 22.7. The lowest BCUT2D eigenvalue weighted by molar-refractivity contribution is 0.249. The van der Waals surface area contributed by atoms with Crippen molar-refractivity contribution in [1.82, 2.24) is 19.9 Å². The van der Waals surface area contributed by atoms with E-state index in [0.717, 1.165) is 60.8 Å². The highest BCUT2D eigenvalue weighted by atomic mass is 15.3. The first-order chi connectivity index (χ1) is 14.4. The Morgan fingerprint density at radius 2 is 1.45 bits per heavy atom. The van der Waals surface area contributed by atoms with E-state index in [1.165, 1.54) is 5.56 Å². The molecule has 1 fully saturated rings. The number of nitrogens with zero attached hydrogens (tertiary/aromatic N) is 5. The molecule has 5 rings (SSSR count). The van der Waals surface area contributed by atoms with Gasteiger partial charge in [-0.15, -0.1) is 0 Å². The van der Waals surface area contributed by atoms with Crippen LogP contribution in [0.15, 0.2) is 79.1 Å². The summed E-state index contributed by atoms with van der Waals surface area (Å²) >= 11 is 0. The largest absolute Gasteiger partial charge is 0.353 e. The van der Waals surface area contributed by atoms with Gasteiger partial charge in [0.25, 0.3) is 0 Å². The number of aromatic nitrogens is 3. The Morgan fingerprint density at radius 1 is 0.724 bits per heavy atom. The summed E-state index contributed by atoms with van der Waals surface area (Å²) in [4.78, 5) is 18.8. The Morgan fingerprint density at radius 3 is 2.24 bits per heavy atom. The van der Waals surface area contributed by atoms with Crippen molar-refractivity contribution in [2.75, 3.05) is 31.1 Å². The van der Waals surface area contributed by atoms with Crippen molar-refractivity contribution >= 4 is 16.7 Å². The van der Waals surface area contributed by atoms with Crippen LogP contribution in [0.5, 0.6) is 0 Å². The van der Waals surface area contributed by atoms with Gasteiger partial charge in [0.05, 0.1) is 5.52 Å². The lowest BCUT2D eigenvalue weighted by Gasteiger charge is -2.36. The number of piperazine rings is 1. The molecule has 5 heteroatoms. The van der Waals surface area contributed by atoms with E-state index in [0.29, 0.717) is 0 Å². The fraction of sp³-hybridized carbons (Fsp3) is 0.208. The Balaban J connectivity index is 1.41. The van der Waals surface area contributed by atoms with Crippen molar-refractivity contribution in [2.24, 2.45) is 0 Å². The first kappa shape index (κ1) is 17.8. The molecule has 0 radical (unpaired) electrons. The van der Waals surface area contributed by atoms with E-state index in [9.17, 15) is 0 Å². The van der Waals surface area contributed by atoms with E-state index < -0.39 is 0 Å². The van der Waals surface area contributed by atoms with Crippen LogP contribution in [0.4, 0.5) is 5.82 Å². The Bertz CT molecular complexity index is 1090. The molecule has 5 nitrogen and oxygen atoms in total. The fourth-order valence-electron chi connectivity index (χ4n) is 3.88. The quantitative estimate of drug-likeness (QED) is 0.534. The van der Waals surface area contributed by atoms with Crippen molar-refractivity contribution in [1.29, 1.82) is 0 Å². The number of pyridine rings is 1. The van der Waals surface area contributed by atoms with Gasteiger partial charge in [0.1, 0.15) is 5.82 Å². The van der Waals surface area contributed by atoms with Crippen LogP contribution >= 0.6 is 0 Å². The lowest BCUT2D eigenvalue weighted by Crippen LogP contribution is -2.46.